The Morgan fingerprint density at radius 2 is 1.68 bits per heavy atom. The van der Waals surface area contributed by atoms with Gasteiger partial charge >= 0.3 is 0 Å². The van der Waals surface area contributed by atoms with Crippen molar-refractivity contribution in [2.45, 2.75) is 19.3 Å². The Hall–Kier alpha value is -3.48. The zero-order valence-electron chi connectivity index (χ0n) is 15.8. The number of rotatable bonds is 7. The molecule has 7 heteroatoms. The van der Waals surface area contributed by atoms with Crippen molar-refractivity contribution in [2.24, 2.45) is 0 Å². The molecule has 4 aromatic heterocycles. The van der Waals surface area contributed by atoms with Crippen LogP contribution >= 0.6 is 0 Å². The lowest BCUT2D eigenvalue weighted by atomic mass is 10.1. The van der Waals surface area contributed by atoms with Crippen LogP contribution in [0.25, 0.3) is 11.0 Å². The van der Waals surface area contributed by atoms with E-state index in [-0.39, 0.29) is 0 Å². The molecule has 142 valence electrons. The topological polar surface area (TPSA) is 85.8 Å². The first-order valence-electron chi connectivity index (χ1n) is 9.04. The van der Waals surface area contributed by atoms with E-state index in [1.807, 2.05) is 43.0 Å². The third-order valence-electron chi connectivity index (χ3n) is 4.62. The van der Waals surface area contributed by atoms with Crippen molar-refractivity contribution in [3.8, 4) is 11.6 Å². The average molecular weight is 375 g/mol. The number of pyridine rings is 2. The van der Waals surface area contributed by atoms with Gasteiger partial charge in [-0.2, -0.15) is 0 Å². The van der Waals surface area contributed by atoms with Crippen molar-refractivity contribution in [1.82, 2.24) is 24.9 Å². The number of ether oxygens (including phenoxy) is 2. The Labute approximate surface area is 162 Å². The predicted octanol–water partition coefficient (Wildman–Crippen LogP) is 3.14. The van der Waals surface area contributed by atoms with E-state index in [2.05, 4.69) is 24.9 Å². The highest BCUT2D eigenvalue weighted by Gasteiger charge is 2.08. The summed E-state index contributed by atoms with van der Waals surface area (Å²) in [6, 6.07) is 5.87. The van der Waals surface area contributed by atoms with Gasteiger partial charge in [0.1, 0.15) is 17.2 Å². The minimum absolute atomic E-state index is 0.620. The van der Waals surface area contributed by atoms with Crippen molar-refractivity contribution in [3.05, 3.63) is 71.7 Å². The van der Waals surface area contributed by atoms with Gasteiger partial charge in [-0.05, 0) is 29.2 Å². The number of H-pyrrole nitrogens is 1. The van der Waals surface area contributed by atoms with Crippen molar-refractivity contribution >= 4 is 11.0 Å². The molecule has 0 spiro atoms. The Morgan fingerprint density at radius 1 is 0.857 bits per heavy atom. The molecule has 0 unspecified atom stereocenters. The third kappa shape index (κ3) is 3.93. The first-order chi connectivity index (χ1) is 13.7. The lowest BCUT2D eigenvalue weighted by Crippen LogP contribution is -2.00. The van der Waals surface area contributed by atoms with E-state index in [0.29, 0.717) is 5.88 Å². The van der Waals surface area contributed by atoms with Gasteiger partial charge in [0.15, 0.2) is 0 Å². The molecule has 0 saturated carbocycles. The number of aromatic nitrogens is 5. The predicted molar refractivity (Wildman–Crippen MR) is 106 cm³/mol. The Balaban J connectivity index is 1.41. The van der Waals surface area contributed by atoms with Crippen LogP contribution in [-0.2, 0) is 19.3 Å². The summed E-state index contributed by atoms with van der Waals surface area (Å²) < 4.78 is 10.4. The van der Waals surface area contributed by atoms with E-state index in [4.69, 9.17) is 9.47 Å². The zero-order valence-corrected chi connectivity index (χ0v) is 15.8. The SMILES string of the molecule is COc1cnc2[nH]cc(Cc3cnc(CCc4ccc(OC)nc4)nc3)c2c1. The molecule has 0 fully saturated rings. The minimum atomic E-state index is 0.620. The maximum atomic E-state index is 5.28. The number of nitrogens with zero attached hydrogens (tertiary/aromatic N) is 4. The van der Waals surface area contributed by atoms with Crippen LogP contribution < -0.4 is 9.47 Å². The molecule has 0 saturated heterocycles. The van der Waals surface area contributed by atoms with Crippen molar-refractivity contribution in [2.75, 3.05) is 14.2 Å². The van der Waals surface area contributed by atoms with Gasteiger partial charge in [0.2, 0.25) is 5.88 Å². The van der Waals surface area contributed by atoms with Crippen molar-refractivity contribution in [1.29, 1.82) is 0 Å². The highest BCUT2D eigenvalue weighted by Crippen LogP contribution is 2.23. The van der Waals surface area contributed by atoms with E-state index in [1.54, 1.807) is 20.4 Å². The van der Waals surface area contributed by atoms with Crippen LogP contribution in [0.1, 0.15) is 22.5 Å². The first-order valence-corrected chi connectivity index (χ1v) is 9.04. The second kappa shape index (κ2) is 8.04. The van der Waals surface area contributed by atoms with Gasteiger partial charge in [-0.3, -0.25) is 0 Å². The number of hydrogen-bond donors (Lipinski definition) is 1. The summed E-state index contributed by atoms with van der Waals surface area (Å²) in [5.74, 6) is 2.18. The lowest BCUT2D eigenvalue weighted by molar-refractivity contribution is 0.397. The first kappa shape index (κ1) is 17.9. The number of aryl methyl sites for hydroxylation is 2. The number of aromatic amines is 1. The largest absolute Gasteiger partial charge is 0.495 e. The summed E-state index contributed by atoms with van der Waals surface area (Å²) in [5, 5.41) is 1.05. The summed E-state index contributed by atoms with van der Waals surface area (Å²) in [7, 11) is 3.25. The quantitative estimate of drug-likeness (QED) is 0.534. The average Bonchev–Trinajstić information content (AvgIpc) is 3.15. The highest BCUT2D eigenvalue weighted by molar-refractivity contribution is 5.81. The third-order valence-corrected chi connectivity index (χ3v) is 4.62. The van der Waals surface area contributed by atoms with Crippen molar-refractivity contribution < 1.29 is 9.47 Å². The number of methoxy groups -OCH3 is 2. The van der Waals surface area contributed by atoms with Crippen molar-refractivity contribution in [3.63, 3.8) is 0 Å². The molecule has 0 aliphatic carbocycles. The molecule has 0 atom stereocenters. The molecule has 1 N–H and O–H groups in total. The highest BCUT2D eigenvalue weighted by atomic mass is 16.5. The molecular weight excluding hydrogens is 354 g/mol. The number of fused-ring (bicyclic) bond motifs is 1. The fraction of sp³-hybridized carbons (Fsp3) is 0.238. The standard InChI is InChI=1S/C21H21N5O2/c1-27-17-8-18-16(12-25-21(18)26-13-17)7-15-10-22-19(23-11-15)5-3-14-4-6-20(28-2)24-9-14/h4,6,8-13H,3,5,7H2,1-2H3,(H,25,26). The van der Waals surface area contributed by atoms with Crippen LogP contribution in [0, 0.1) is 0 Å². The Bertz CT molecular complexity index is 1060. The van der Waals surface area contributed by atoms with E-state index in [1.165, 1.54) is 0 Å². The van der Waals surface area contributed by atoms with E-state index in [0.717, 1.165) is 58.6 Å². The fourth-order valence-electron chi connectivity index (χ4n) is 3.05. The van der Waals surface area contributed by atoms with Gasteiger partial charge in [0.25, 0.3) is 0 Å². The summed E-state index contributed by atoms with van der Waals surface area (Å²) in [5.41, 5.74) is 4.18. The van der Waals surface area contributed by atoms with Gasteiger partial charge in [-0.25, -0.2) is 19.9 Å². The van der Waals surface area contributed by atoms with E-state index < -0.39 is 0 Å². The van der Waals surface area contributed by atoms with Gasteiger partial charge in [-0.15, -0.1) is 0 Å². The maximum Gasteiger partial charge on any atom is 0.212 e. The summed E-state index contributed by atoms with van der Waals surface area (Å²) >= 11 is 0. The van der Waals surface area contributed by atoms with Crippen LogP contribution in [0.3, 0.4) is 0 Å². The normalized spacial score (nSPS) is 10.9. The van der Waals surface area contributed by atoms with Gasteiger partial charge in [0.05, 0.1) is 20.4 Å². The molecule has 28 heavy (non-hydrogen) atoms. The zero-order chi connectivity index (χ0) is 19.3. The molecule has 0 bridgehead atoms. The van der Waals surface area contributed by atoms with Crippen LogP contribution in [0.15, 0.2) is 49.2 Å². The summed E-state index contributed by atoms with van der Waals surface area (Å²) in [4.78, 5) is 20.8. The second-order valence-corrected chi connectivity index (χ2v) is 6.48. The minimum Gasteiger partial charge on any atom is -0.495 e. The smallest absolute Gasteiger partial charge is 0.212 e. The van der Waals surface area contributed by atoms with Crippen LogP contribution in [-0.4, -0.2) is 39.1 Å². The molecule has 0 radical (unpaired) electrons. The molecule has 0 aliphatic heterocycles. The van der Waals surface area contributed by atoms with Crippen LogP contribution in [0.4, 0.5) is 0 Å². The van der Waals surface area contributed by atoms with E-state index in [9.17, 15) is 0 Å². The number of nitrogens with one attached hydrogen (secondary N) is 1. The van der Waals surface area contributed by atoms with Crippen LogP contribution in [0.5, 0.6) is 11.6 Å². The molecule has 0 amide bonds. The molecule has 4 rings (SSSR count). The molecule has 4 heterocycles. The maximum absolute atomic E-state index is 5.28. The molecule has 0 aliphatic rings. The van der Waals surface area contributed by atoms with Crippen LogP contribution in [0.2, 0.25) is 0 Å². The summed E-state index contributed by atoms with van der Waals surface area (Å²) in [6.07, 6.45) is 11.6. The summed E-state index contributed by atoms with van der Waals surface area (Å²) in [6.45, 7) is 0. The number of hydrogen-bond acceptors (Lipinski definition) is 6. The fourth-order valence-corrected chi connectivity index (χ4v) is 3.05. The molecular formula is C21H21N5O2. The Morgan fingerprint density at radius 3 is 2.39 bits per heavy atom. The molecule has 0 aromatic carbocycles. The van der Waals surface area contributed by atoms with Gasteiger partial charge < -0.3 is 14.5 Å². The Kier molecular flexibility index (Phi) is 5.14. The second-order valence-electron chi connectivity index (χ2n) is 6.48. The lowest BCUT2D eigenvalue weighted by Gasteiger charge is -2.04. The van der Waals surface area contributed by atoms with Gasteiger partial charge in [-0.1, -0.05) is 6.07 Å². The molecule has 7 nitrogen and oxygen atoms in total. The monoisotopic (exact) mass is 375 g/mol. The molecule has 4 aromatic rings. The van der Waals surface area contributed by atoms with Gasteiger partial charge in [0, 0.05) is 49.1 Å². The van der Waals surface area contributed by atoms with E-state index >= 15 is 0 Å².